The van der Waals surface area contributed by atoms with Crippen molar-refractivity contribution in [2.24, 2.45) is 0 Å². The Labute approximate surface area is 140 Å². The van der Waals surface area contributed by atoms with Gasteiger partial charge in [-0.1, -0.05) is 19.4 Å². The molecule has 0 saturated carbocycles. The van der Waals surface area contributed by atoms with Crippen LogP contribution in [-0.2, 0) is 19.5 Å². The van der Waals surface area contributed by atoms with Crippen molar-refractivity contribution in [2.75, 3.05) is 0 Å². The molecule has 4 rings (SSSR count). The van der Waals surface area contributed by atoms with Crippen LogP contribution >= 0.6 is 0 Å². The van der Waals surface area contributed by atoms with Crippen molar-refractivity contribution in [2.45, 2.75) is 51.6 Å². The quantitative estimate of drug-likeness (QED) is 0.721. The Morgan fingerprint density at radius 1 is 1.25 bits per heavy atom. The van der Waals surface area contributed by atoms with E-state index in [0.29, 0.717) is 11.7 Å². The number of pyridine rings is 1. The zero-order chi connectivity index (χ0) is 16.4. The lowest BCUT2D eigenvalue weighted by atomic mass is 9.97. The van der Waals surface area contributed by atoms with E-state index in [1.165, 1.54) is 0 Å². The van der Waals surface area contributed by atoms with E-state index in [2.05, 4.69) is 26.7 Å². The molecule has 0 radical (unpaired) electrons. The maximum absolute atomic E-state index is 4.85. The van der Waals surface area contributed by atoms with E-state index in [0.717, 1.165) is 56.1 Å². The fourth-order valence-electron chi connectivity index (χ4n) is 3.19. The monoisotopic (exact) mass is 323 g/mol. The molecule has 0 amide bonds. The zero-order valence-electron chi connectivity index (χ0n) is 13.8. The van der Waals surface area contributed by atoms with E-state index >= 15 is 0 Å². The van der Waals surface area contributed by atoms with Crippen LogP contribution in [0.2, 0.25) is 0 Å². The van der Waals surface area contributed by atoms with Crippen molar-refractivity contribution in [3.05, 3.63) is 42.4 Å². The van der Waals surface area contributed by atoms with Crippen LogP contribution in [0, 0.1) is 0 Å². The highest BCUT2D eigenvalue weighted by molar-refractivity contribution is 5.47. The Kier molecular flexibility index (Phi) is 4.06. The summed E-state index contributed by atoms with van der Waals surface area (Å²) in [5.74, 6) is 3.14. The first-order valence-electron chi connectivity index (χ1n) is 8.58. The highest BCUT2D eigenvalue weighted by Gasteiger charge is 2.27. The van der Waals surface area contributed by atoms with Crippen LogP contribution in [-0.4, -0.2) is 34.5 Å². The van der Waals surface area contributed by atoms with Gasteiger partial charge in [-0.05, 0) is 25.0 Å². The summed E-state index contributed by atoms with van der Waals surface area (Å²) in [6.45, 7) is 3.98. The van der Waals surface area contributed by atoms with E-state index in [4.69, 9.17) is 10.1 Å². The van der Waals surface area contributed by atoms with Gasteiger partial charge in [0.05, 0.1) is 0 Å². The van der Waals surface area contributed by atoms with Crippen molar-refractivity contribution in [3.8, 4) is 11.5 Å². The minimum absolute atomic E-state index is 0.337. The molecule has 0 aromatic carbocycles. The second kappa shape index (κ2) is 6.51. The average molecular weight is 323 g/mol. The molecule has 124 valence electrons. The number of unbranched alkanes of at least 4 members (excludes halogenated alkanes) is 1. The van der Waals surface area contributed by atoms with Crippen LogP contribution in [0.3, 0.4) is 0 Å². The fourth-order valence-corrected chi connectivity index (χ4v) is 3.19. The standard InChI is InChI=1S/C17H21N7/c1-2-3-9-24-17(13-7-10-23-15(11-13)19-12-20-23)21-16(22-24)14-6-4-5-8-18-14/h4-6,8,12-13H,2-3,7,9-11H2,1H3. The van der Waals surface area contributed by atoms with Gasteiger partial charge in [-0.25, -0.2) is 14.6 Å². The van der Waals surface area contributed by atoms with Gasteiger partial charge in [0.25, 0.3) is 0 Å². The van der Waals surface area contributed by atoms with Gasteiger partial charge in [0, 0.05) is 31.6 Å². The van der Waals surface area contributed by atoms with Crippen molar-refractivity contribution >= 4 is 0 Å². The van der Waals surface area contributed by atoms with Crippen LogP contribution in [0.4, 0.5) is 0 Å². The average Bonchev–Trinajstić information content (AvgIpc) is 3.26. The molecular formula is C17H21N7. The van der Waals surface area contributed by atoms with Crippen molar-refractivity contribution in [1.29, 1.82) is 0 Å². The fraction of sp³-hybridized carbons (Fsp3) is 0.471. The van der Waals surface area contributed by atoms with E-state index < -0.39 is 0 Å². The van der Waals surface area contributed by atoms with Crippen molar-refractivity contribution in [1.82, 2.24) is 34.5 Å². The zero-order valence-corrected chi connectivity index (χ0v) is 13.8. The van der Waals surface area contributed by atoms with Gasteiger partial charge in [0.1, 0.15) is 23.7 Å². The molecule has 7 heteroatoms. The van der Waals surface area contributed by atoms with Crippen LogP contribution in [0.15, 0.2) is 30.7 Å². The van der Waals surface area contributed by atoms with Crippen LogP contribution in [0.1, 0.15) is 43.8 Å². The summed E-state index contributed by atoms with van der Waals surface area (Å²) < 4.78 is 4.06. The SMILES string of the molecule is CCCCn1nc(-c2ccccn2)nc1C1CCn2ncnc2C1. The molecule has 0 aliphatic carbocycles. The number of hydrogen-bond donors (Lipinski definition) is 0. The Morgan fingerprint density at radius 3 is 3.04 bits per heavy atom. The van der Waals surface area contributed by atoms with Gasteiger partial charge in [0.15, 0.2) is 5.82 Å². The first-order valence-corrected chi connectivity index (χ1v) is 8.58. The summed E-state index contributed by atoms with van der Waals surface area (Å²) in [4.78, 5) is 13.6. The minimum Gasteiger partial charge on any atom is -0.253 e. The van der Waals surface area contributed by atoms with Gasteiger partial charge in [-0.3, -0.25) is 9.67 Å². The molecule has 1 unspecified atom stereocenters. The lowest BCUT2D eigenvalue weighted by molar-refractivity contribution is 0.402. The number of aromatic nitrogens is 7. The van der Waals surface area contributed by atoms with Crippen molar-refractivity contribution in [3.63, 3.8) is 0 Å². The van der Waals surface area contributed by atoms with Crippen LogP contribution in [0.5, 0.6) is 0 Å². The lowest BCUT2D eigenvalue weighted by Gasteiger charge is -2.21. The van der Waals surface area contributed by atoms with Crippen LogP contribution in [0.25, 0.3) is 11.5 Å². The lowest BCUT2D eigenvalue weighted by Crippen LogP contribution is -2.22. The molecule has 0 N–H and O–H groups in total. The number of rotatable bonds is 5. The molecule has 0 saturated heterocycles. The molecule has 0 bridgehead atoms. The summed E-state index contributed by atoms with van der Waals surface area (Å²) in [5, 5.41) is 9.00. The summed E-state index contributed by atoms with van der Waals surface area (Å²) in [6.07, 6.45) is 7.54. The summed E-state index contributed by atoms with van der Waals surface area (Å²) in [7, 11) is 0. The molecule has 24 heavy (non-hydrogen) atoms. The van der Waals surface area contributed by atoms with Gasteiger partial charge >= 0.3 is 0 Å². The Hall–Kier alpha value is -2.57. The molecule has 1 aliphatic heterocycles. The van der Waals surface area contributed by atoms with E-state index in [-0.39, 0.29) is 0 Å². The summed E-state index contributed by atoms with van der Waals surface area (Å²) >= 11 is 0. The number of aryl methyl sites for hydroxylation is 2. The third-order valence-electron chi connectivity index (χ3n) is 4.50. The first-order chi connectivity index (χ1) is 11.8. The molecule has 7 nitrogen and oxygen atoms in total. The predicted molar refractivity (Wildman–Crippen MR) is 89.2 cm³/mol. The van der Waals surface area contributed by atoms with Crippen LogP contribution < -0.4 is 0 Å². The van der Waals surface area contributed by atoms with Gasteiger partial charge < -0.3 is 0 Å². The van der Waals surface area contributed by atoms with E-state index in [1.807, 2.05) is 22.9 Å². The molecule has 4 heterocycles. The minimum atomic E-state index is 0.337. The normalized spacial score (nSPS) is 17.0. The molecular weight excluding hydrogens is 302 g/mol. The maximum Gasteiger partial charge on any atom is 0.200 e. The maximum atomic E-state index is 4.85. The van der Waals surface area contributed by atoms with E-state index in [9.17, 15) is 0 Å². The number of nitrogens with zero attached hydrogens (tertiary/aromatic N) is 7. The molecule has 0 spiro atoms. The topological polar surface area (TPSA) is 74.3 Å². The molecule has 0 fully saturated rings. The van der Waals surface area contributed by atoms with Gasteiger partial charge in [-0.2, -0.15) is 5.10 Å². The third kappa shape index (κ3) is 2.81. The molecule has 3 aromatic heterocycles. The van der Waals surface area contributed by atoms with E-state index in [1.54, 1.807) is 12.5 Å². The molecule has 1 atom stereocenters. The van der Waals surface area contributed by atoms with Gasteiger partial charge in [-0.15, -0.1) is 5.10 Å². The molecule has 1 aliphatic rings. The Morgan fingerprint density at radius 2 is 2.21 bits per heavy atom. The largest absolute Gasteiger partial charge is 0.253 e. The third-order valence-corrected chi connectivity index (χ3v) is 4.50. The van der Waals surface area contributed by atoms with Gasteiger partial charge in [0.2, 0.25) is 0 Å². The summed E-state index contributed by atoms with van der Waals surface area (Å²) in [6, 6.07) is 5.84. The second-order valence-electron chi connectivity index (χ2n) is 6.17. The number of hydrogen-bond acceptors (Lipinski definition) is 5. The number of fused-ring (bicyclic) bond motifs is 1. The second-order valence-corrected chi connectivity index (χ2v) is 6.17. The highest BCUT2D eigenvalue weighted by atomic mass is 15.4. The first kappa shape index (κ1) is 15.0. The molecule has 3 aromatic rings. The highest BCUT2D eigenvalue weighted by Crippen LogP contribution is 2.28. The summed E-state index contributed by atoms with van der Waals surface area (Å²) in [5.41, 5.74) is 0.827. The Bertz CT molecular complexity index is 805. The Balaban J connectivity index is 1.67. The van der Waals surface area contributed by atoms with Crippen molar-refractivity contribution < 1.29 is 0 Å². The smallest absolute Gasteiger partial charge is 0.200 e. The predicted octanol–water partition coefficient (Wildman–Crippen LogP) is 2.46.